The van der Waals surface area contributed by atoms with Crippen LogP contribution in [0.15, 0.2) is 28.7 Å². The van der Waals surface area contributed by atoms with Gasteiger partial charge in [-0.1, -0.05) is 28.1 Å². The molecule has 0 aliphatic carbocycles. The molecule has 3 heteroatoms. The van der Waals surface area contributed by atoms with Crippen LogP contribution in [0.2, 0.25) is 0 Å². The molecule has 0 spiro atoms. The minimum Gasteiger partial charge on any atom is -0.315 e. The Morgan fingerprint density at radius 3 is 2.50 bits per heavy atom. The predicted molar refractivity (Wildman–Crippen MR) is 71.8 cm³/mol. The fourth-order valence-electron chi connectivity index (χ4n) is 2.40. The number of nitrogens with one attached hydrogen (secondary N) is 1. The van der Waals surface area contributed by atoms with Crippen molar-refractivity contribution in [3.8, 4) is 0 Å². The van der Waals surface area contributed by atoms with E-state index in [0.29, 0.717) is 5.54 Å². The fraction of sp³-hybridized carbons (Fsp3) is 0.538. The Bertz CT molecular complexity index is 339. The van der Waals surface area contributed by atoms with Crippen LogP contribution in [0, 0.1) is 0 Å². The molecular weight excluding hydrogens is 264 g/mol. The Labute approximate surface area is 106 Å². The van der Waals surface area contributed by atoms with Gasteiger partial charge < -0.3 is 10.2 Å². The molecule has 2 nitrogen and oxygen atoms in total. The van der Waals surface area contributed by atoms with Gasteiger partial charge in [-0.3, -0.25) is 0 Å². The SMILES string of the molecule is CN(C)C1(Cc2ccc(Br)cc2)CCNC1. The van der Waals surface area contributed by atoms with E-state index >= 15 is 0 Å². The molecule has 1 aromatic carbocycles. The molecule has 1 N–H and O–H groups in total. The van der Waals surface area contributed by atoms with E-state index in [2.05, 4.69) is 64.5 Å². The van der Waals surface area contributed by atoms with Gasteiger partial charge in [-0.2, -0.15) is 0 Å². The highest BCUT2D eigenvalue weighted by atomic mass is 79.9. The molecule has 16 heavy (non-hydrogen) atoms. The van der Waals surface area contributed by atoms with E-state index in [9.17, 15) is 0 Å². The maximum atomic E-state index is 3.48. The second kappa shape index (κ2) is 4.86. The average molecular weight is 283 g/mol. The molecule has 1 aliphatic rings. The number of rotatable bonds is 3. The van der Waals surface area contributed by atoms with Crippen molar-refractivity contribution in [1.82, 2.24) is 10.2 Å². The van der Waals surface area contributed by atoms with E-state index in [4.69, 9.17) is 0 Å². The van der Waals surface area contributed by atoms with Gasteiger partial charge in [-0.25, -0.2) is 0 Å². The summed E-state index contributed by atoms with van der Waals surface area (Å²) in [6, 6.07) is 8.68. The lowest BCUT2D eigenvalue weighted by atomic mass is 9.89. The first-order valence-electron chi connectivity index (χ1n) is 5.75. The molecule has 0 saturated carbocycles. The summed E-state index contributed by atoms with van der Waals surface area (Å²) in [6.07, 6.45) is 2.36. The zero-order valence-corrected chi connectivity index (χ0v) is 11.5. The van der Waals surface area contributed by atoms with Crippen LogP contribution in [-0.4, -0.2) is 37.6 Å². The van der Waals surface area contributed by atoms with Crippen molar-refractivity contribution in [3.05, 3.63) is 34.3 Å². The van der Waals surface area contributed by atoms with Gasteiger partial charge in [0.2, 0.25) is 0 Å². The van der Waals surface area contributed by atoms with Crippen molar-refractivity contribution in [1.29, 1.82) is 0 Å². The van der Waals surface area contributed by atoms with Gasteiger partial charge in [0.15, 0.2) is 0 Å². The highest BCUT2D eigenvalue weighted by molar-refractivity contribution is 9.10. The maximum absolute atomic E-state index is 3.48. The molecule has 1 unspecified atom stereocenters. The van der Waals surface area contributed by atoms with Crippen LogP contribution in [0.1, 0.15) is 12.0 Å². The molecule has 1 aliphatic heterocycles. The third-order valence-electron chi connectivity index (χ3n) is 3.62. The molecule has 0 radical (unpaired) electrons. The molecule has 88 valence electrons. The topological polar surface area (TPSA) is 15.3 Å². The van der Waals surface area contributed by atoms with Crippen LogP contribution in [-0.2, 0) is 6.42 Å². The van der Waals surface area contributed by atoms with E-state index in [1.807, 2.05) is 0 Å². The molecule has 1 atom stereocenters. The smallest absolute Gasteiger partial charge is 0.0380 e. The summed E-state index contributed by atoms with van der Waals surface area (Å²) in [7, 11) is 4.37. The predicted octanol–water partition coefficient (Wildman–Crippen LogP) is 2.29. The molecule has 2 rings (SSSR count). The van der Waals surface area contributed by atoms with E-state index < -0.39 is 0 Å². The summed E-state index contributed by atoms with van der Waals surface area (Å²) in [4.78, 5) is 2.37. The van der Waals surface area contributed by atoms with Crippen molar-refractivity contribution in [2.75, 3.05) is 27.2 Å². The molecule has 1 aromatic rings. The van der Waals surface area contributed by atoms with E-state index in [0.717, 1.165) is 24.0 Å². The van der Waals surface area contributed by atoms with Crippen LogP contribution in [0.3, 0.4) is 0 Å². The standard InChI is InChI=1S/C13H19BrN2/c1-16(2)13(7-8-15-10-13)9-11-3-5-12(14)6-4-11/h3-6,15H,7-10H2,1-2H3. The summed E-state index contributed by atoms with van der Waals surface area (Å²) in [5.74, 6) is 0. The third kappa shape index (κ3) is 2.47. The van der Waals surface area contributed by atoms with E-state index in [-0.39, 0.29) is 0 Å². The van der Waals surface area contributed by atoms with Crippen molar-refractivity contribution >= 4 is 15.9 Å². The molecule has 1 saturated heterocycles. The second-order valence-electron chi connectivity index (χ2n) is 4.85. The van der Waals surface area contributed by atoms with Crippen LogP contribution >= 0.6 is 15.9 Å². The first kappa shape index (κ1) is 12.1. The Balaban J connectivity index is 2.14. The lowest BCUT2D eigenvalue weighted by Gasteiger charge is -2.35. The Morgan fingerprint density at radius 1 is 1.31 bits per heavy atom. The largest absolute Gasteiger partial charge is 0.315 e. The van der Waals surface area contributed by atoms with Gasteiger partial charge in [-0.05, 0) is 51.2 Å². The van der Waals surface area contributed by atoms with Crippen LogP contribution in [0.25, 0.3) is 0 Å². The summed E-state index contributed by atoms with van der Waals surface area (Å²) in [6.45, 7) is 2.23. The average Bonchev–Trinajstić information content (AvgIpc) is 2.71. The van der Waals surface area contributed by atoms with Gasteiger partial charge in [0.05, 0.1) is 0 Å². The third-order valence-corrected chi connectivity index (χ3v) is 4.14. The Morgan fingerprint density at radius 2 is 2.00 bits per heavy atom. The van der Waals surface area contributed by atoms with Crippen LogP contribution in [0.4, 0.5) is 0 Å². The van der Waals surface area contributed by atoms with Crippen molar-refractivity contribution < 1.29 is 0 Å². The van der Waals surface area contributed by atoms with Gasteiger partial charge in [-0.15, -0.1) is 0 Å². The minimum absolute atomic E-state index is 0.299. The lowest BCUT2D eigenvalue weighted by Crippen LogP contribution is -2.47. The monoisotopic (exact) mass is 282 g/mol. The van der Waals surface area contributed by atoms with Gasteiger partial charge >= 0.3 is 0 Å². The molecule has 0 aromatic heterocycles. The van der Waals surface area contributed by atoms with Crippen molar-refractivity contribution in [2.45, 2.75) is 18.4 Å². The summed E-state index contributed by atoms with van der Waals surface area (Å²) in [5.41, 5.74) is 1.72. The van der Waals surface area contributed by atoms with Crippen molar-refractivity contribution in [2.24, 2.45) is 0 Å². The molecule has 1 fully saturated rings. The Hall–Kier alpha value is -0.380. The minimum atomic E-state index is 0.299. The number of hydrogen-bond donors (Lipinski definition) is 1. The normalized spacial score (nSPS) is 25.2. The second-order valence-corrected chi connectivity index (χ2v) is 5.76. The zero-order valence-electron chi connectivity index (χ0n) is 9.96. The quantitative estimate of drug-likeness (QED) is 0.915. The van der Waals surface area contributed by atoms with Crippen LogP contribution < -0.4 is 5.32 Å². The maximum Gasteiger partial charge on any atom is 0.0380 e. The lowest BCUT2D eigenvalue weighted by molar-refractivity contribution is 0.172. The van der Waals surface area contributed by atoms with E-state index in [1.165, 1.54) is 12.0 Å². The molecule has 0 bridgehead atoms. The first-order chi connectivity index (χ1) is 7.62. The highest BCUT2D eigenvalue weighted by Crippen LogP contribution is 2.26. The highest BCUT2D eigenvalue weighted by Gasteiger charge is 2.35. The molecule has 1 heterocycles. The van der Waals surface area contributed by atoms with E-state index in [1.54, 1.807) is 0 Å². The van der Waals surface area contributed by atoms with Gasteiger partial charge in [0.25, 0.3) is 0 Å². The number of likely N-dealkylation sites (N-methyl/N-ethyl adjacent to an activating group) is 1. The van der Waals surface area contributed by atoms with Crippen LogP contribution in [0.5, 0.6) is 0 Å². The van der Waals surface area contributed by atoms with Crippen molar-refractivity contribution in [3.63, 3.8) is 0 Å². The number of benzene rings is 1. The summed E-state index contributed by atoms with van der Waals surface area (Å²) >= 11 is 3.48. The number of halogens is 1. The molecular formula is C13H19BrN2. The summed E-state index contributed by atoms with van der Waals surface area (Å²) < 4.78 is 1.15. The number of hydrogen-bond acceptors (Lipinski definition) is 2. The molecule has 0 amide bonds. The zero-order chi connectivity index (χ0) is 11.6. The number of nitrogens with zero attached hydrogens (tertiary/aromatic N) is 1. The van der Waals surface area contributed by atoms with Gasteiger partial charge in [0.1, 0.15) is 0 Å². The Kier molecular flexibility index (Phi) is 3.67. The summed E-state index contributed by atoms with van der Waals surface area (Å²) in [5, 5.41) is 3.48. The van der Waals surface area contributed by atoms with Gasteiger partial charge in [0, 0.05) is 16.6 Å². The fourth-order valence-corrected chi connectivity index (χ4v) is 2.67. The first-order valence-corrected chi connectivity index (χ1v) is 6.54.